The predicted molar refractivity (Wildman–Crippen MR) is 196 cm³/mol. The average Bonchev–Trinajstić information content (AvgIpc) is 3.67. The maximum absolute atomic E-state index is 13.2. The first-order valence-electron chi connectivity index (χ1n) is 18.1. The number of fused-ring (bicyclic) bond motifs is 2. The van der Waals surface area contributed by atoms with Crippen LogP contribution >= 0.6 is 0 Å². The Bertz CT molecular complexity index is 1990. The van der Waals surface area contributed by atoms with Crippen molar-refractivity contribution in [2.75, 3.05) is 26.8 Å². The number of nitrogens with zero attached hydrogens (tertiary/aromatic N) is 3. The molecule has 3 aromatic carbocycles. The van der Waals surface area contributed by atoms with E-state index in [2.05, 4.69) is 29.4 Å². The molecule has 4 aromatic rings. The fourth-order valence-corrected chi connectivity index (χ4v) is 6.95. The molecule has 2 aliphatic rings. The number of carbonyl (C=O) groups is 5. The highest BCUT2D eigenvalue weighted by Crippen LogP contribution is 2.34. The van der Waals surface area contributed by atoms with E-state index >= 15 is 0 Å². The normalized spacial score (nSPS) is 15.6. The van der Waals surface area contributed by atoms with Crippen LogP contribution in [0.3, 0.4) is 0 Å². The second-order valence-corrected chi connectivity index (χ2v) is 13.6. The quantitative estimate of drug-likeness (QED) is 0.0550. The predicted octanol–water partition coefficient (Wildman–Crippen LogP) is 5.09. The van der Waals surface area contributed by atoms with E-state index < -0.39 is 35.6 Å². The van der Waals surface area contributed by atoms with Gasteiger partial charge >= 0.3 is 0 Å². The number of piperidine rings is 1. The van der Waals surface area contributed by atoms with Gasteiger partial charge in [0.2, 0.25) is 11.8 Å². The third-order valence-electron chi connectivity index (χ3n) is 9.71. The Hall–Kier alpha value is -5.53. The first kappa shape index (κ1) is 37.2. The first-order chi connectivity index (χ1) is 25.7. The maximum atomic E-state index is 13.2. The molecule has 0 aliphatic carbocycles. The molecule has 13 nitrogen and oxygen atoms in total. The number of hydrogen-bond acceptors (Lipinski definition) is 9. The lowest BCUT2D eigenvalue weighted by atomic mass is 10.0. The van der Waals surface area contributed by atoms with Crippen LogP contribution in [0.2, 0.25) is 0 Å². The molecule has 53 heavy (non-hydrogen) atoms. The zero-order chi connectivity index (χ0) is 37.3. The van der Waals surface area contributed by atoms with Gasteiger partial charge in [0.05, 0.1) is 24.3 Å². The summed E-state index contributed by atoms with van der Waals surface area (Å²) in [6.45, 7) is 3.28. The van der Waals surface area contributed by atoms with Crippen molar-refractivity contribution in [2.45, 2.75) is 70.5 Å². The second kappa shape index (κ2) is 17.3. The van der Waals surface area contributed by atoms with Crippen molar-refractivity contribution >= 4 is 40.4 Å². The van der Waals surface area contributed by atoms with Crippen LogP contribution in [0, 0.1) is 0 Å². The summed E-state index contributed by atoms with van der Waals surface area (Å²) in [5.41, 5.74) is 4.53. The summed E-state index contributed by atoms with van der Waals surface area (Å²) in [6.07, 6.45) is 8.33. The highest BCUT2D eigenvalue weighted by Gasteiger charge is 2.46. The second-order valence-electron chi connectivity index (χ2n) is 13.6. The van der Waals surface area contributed by atoms with E-state index in [1.54, 1.807) is 35.8 Å². The highest BCUT2D eigenvalue weighted by atomic mass is 16.5. The summed E-state index contributed by atoms with van der Waals surface area (Å²) in [7, 11) is 2.12. The van der Waals surface area contributed by atoms with Gasteiger partial charge in [0.1, 0.15) is 24.1 Å². The number of rotatable bonds is 18. The van der Waals surface area contributed by atoms with Crippen molar-refractivity contribution in [1.29, 1.82) is 0 Å². The minimum absolute atomic E-state index is 0.0745. The minimum Gasteiger partial charge on any atom is -0.493 e. The van der Waals surface area contributed by atoms with Crippen molar-refractivity contribution < 1.29 is 38.7 Å². The third kappa shape index (κ3) is 8.93. The fourth-order valence-electron chi connectivity index (χ4n) is 6.95. The van der Waals surface area contributed by atoms with Crippen LogP contribution in [0.5, 0.6) is 11.5 Å². The molecule has 278 valence electrons. The summed E-state index contributed by atoms with van der Waals surface area (Å²) in [5, 5.41) is 12.2. The van der Waals surface area contributed by atoms with Crippen LogP contribution in [0.25, 0.3) is 10.9 Å². The Kier molecular flexibility index (Phi) is 12.2. The molecule has 6 rings (SSSR count). The number of benzene rings is 3. The van der Waals surface area contributed by atoms with Gasteiger partial charge in [-0.2, -0.15) is 0 Å². The average molecular weight is 724 g/mol. The summed E-state index contributed by atoms with van der Waals surface area (Å²) >= 11 is 0. The molecule has 3 heterocycles. The standard InChI is InChI=1S/C40H45N5O8/c1-43(26-27-10-8-11-30(24-27)52-23-21-44-20-18-28-14-15-29(25-33(28)44)37(47)42-51)19-6-4-2-3-5-7-22-53-34-13-9-12-31-36(34)40(50)45(39(31)49)32-16-17-35(46)41-38(32)48/h8-15,18,20,24-25,32,51H,2-7,16-17,19,21-23,26H2,1H3,(H,42,47)(H,41,46,48). The molecule has 2 aliphatic heterocycles. The largest absolute Gasteiger partial charge is 0.493 e. The van der Waals surface area contributed by atoms with E-state index in [4.69, 9.17) is 14.7 Å². The van der Waals surface area contributed by atoms with Crippen LogP contribution in [-0.2, 0) is 22.7 Å². The molecule has 1 atom stereocenters. The monoisotopic (exact) mass is 723 g/mol. The van der Waals surface area contributed by atoms with E-state index in [0.29, 0.717) is 31.1 Å². The number of amides is 5. The van der Waals surface area contributed by atoms with Crippen LogP contribution in [-0.4, -0.2) is 82.0 Å². The van der Waals surface area contributed by atoms with Gasteiger partial charge in [0.25, 0.3) is 17.7 Å². The van der Waals surface area contributed by atoms with Crippen molar-refractivity contribution in [3.05, 3.63) is 95.2 Å². The molecular weight excluding hydrogens is 678 g/mol. The van der Waals surface area contributed by atoms with Gasteiger partial charge in [0.15, 0.2) is 0 Å². The van der Waals surface area contributed by atoms with Gasteiger partial charge in [-0.05, 0) is 86.3 Å². The number of carbonyl (C=O) groups excluding carboxylic acids is 5. The SMILES string of the molecule is CN(CCCCCCCCOc1cccc2c1C(=O)N(C1CCC(=O)NC1=O)C2=O)Cc1cccc(OCCn2ccc3ccc(C(=O)NO)cc32)c1. The molecule has 0 bridgehead atoms. The molecule has 3 N–H and O–H groups in total. The number of nitrogens with one attached hydrogen (secondary N) is 2. The van der Waals surface area contributed by atoms with Gasteiger partial charge in [-0.1, -0.05) is 49.9 Å². The highest BCUT2D eigenvalue weighted by molar-refractivity contribution is 6.24. The van der Waals surface area contributed by atoms with Crippen molar-refractivity contribution in [1.82, 2.24) is 25.2 Å². The Morgan fingerprint density at radius 2 is 1.70 bits per heavy atom. The summed E-state index contributed by atoms with van der Waals surface area (Å²) in [5.74, 6) is -1.54. The number of ether oxygens (including phenoxy) is 2. The molecule has 0 spiro atoms. The van der Waals surface area contributed by atoms with Gasteiger partial charge < -0.3 is 18.9 Å². The summed E-state index contributed by atoms with van der Waals surface area (Å²) in [6, 6.07) is 19.3. The van der Waals surface area contributed by atoms with Gasteiger partial charge in [-0.25, -0.2) is 5.48 Å². The number of unbranched alkanes of at least 4 members (excludes halogenated alkanes) is 5. The van der Waals surface area contributed by atoms with E-state index in [-0.39, 0.29) is 24.0 Å². The zero-order valence-electron chi connectivity index (χ0n) is 29.8. The zero-order valence-corrected chi connectivity index (χ0v) is 29.8. The van der Waals surface area contributed by atoms with E-state index in [1.807, 2.05) is 35.0 Å². The molecular formula is C40H45N5O8. The van der Waals surface area contributed by atoms with Crippen LogP contribution in [0.4, 0.5) is 0 Å². The first-order valence-corrected chi connectivity index (χ1v) is 18.1. The Morgan fingerprint density at radius 3 is 2.51 bits per heavy atom. The minimum atomic E-state index is -1.00. The fraction of sp³-hybridized carbons (Fsp3) is 0.375. The van der Waals surface area contributed by atoms with Crippen molar-refractivity contribution in [3.8, 4) is 11.5 Å². The van der Waals surface area contributed by atoms with Gasteiger partial charge in [-0.3, -0.25) is 39.4 Å². The van der Waals surface area contributed by atoms with Crippen LogP contribution in [0.1, 0.15) is 88.0 Å². The van der Waals surface area contributed by atoms with Crippen molar-refractivity contribution in [3.63, 3.8) is 0 Å². The lowest BCUT2D eigenvalue weighted by Gasteiger charge is -2.27. The summed E-state index contributed by atoms with van der Waals surface area (Å²) in [4.78, 5) is 65.3. The molecule has 1 unspecified atom stereocenters. The molecule has 5 amide bonds. The van der Waals surface area contributed by atoms with E-state index in [0.717, 1.165) is 73.2 Å². The van der Waals surface area contributed by atoms with Crippen molar-refractivity contribution in [2.24, 2.45) is 0 Å². The molecule has 13 heteroatoms. The lowest BCUT2D eigenvalue weighted by molar-refractivity contribution is -0.136. The smallest absolute Gasteiger partial charge is 0.274 e. The number of hydroxylamine groups is 1. The topological polar surface area (TPSA) is 160 Å². The van der Waals surface area contributed by atoms with E-state index in [1.165, 1.54) is 5.56 Å². The maximum Gasteiger partial charge on any atom is 0.274 e. The molecule has 0 radical (unpaired) electrons. The molecule has 0 saturated carbocycles. The Labute approximate surface area is 307 Å². The van der Waals surface area contributed by atoms with Crippen LogP contribution < -0.4 is 20.3 Å². The molecule has 1 fully saturated rings. The van der Waals surface area contributed by atoms with E-state index in [9.17, 15) is 24.0 Å². The lowest BCUT2D eigenvalue weighted by Crippen LogP contribution is -2.54. The Morgan fingerprint density at radius 1 is 0.906 bits per heavy atom. The number of aromatic nitrogens is 1. The molecule has 1 aromatic heterocycles. The van der Waals surface area contributed by atoms with Crippen LogP contribution in [0.15, 0.2) is 72.9 Å². The summed E-state index contributed by atoms with van der Waals surface area (Å²) < 4.78 is 14.0. The van der Waals surface area contributed by atoms with Gasteiger partial charge in [0, 0.05) is 30.2 Å². The van der Waals surface area contributed by atoms with Gasteiger partial charge in [-0.15, -0.1) is 0 Å². The number of imide groups is 2. The number of hydrogen-bond donors (Lipinski definition) is 3. The third-order valence-corrected chi connectivity index (χ3v) is 9.71. The molecule has 1 saturated heterocycles. The Balaban J connectivity index is 0.855.